The number of rotatable bonds is 6. The third-order valence-corrected chi connectivity index (χ3v) is 5.82. The summed E-state index contributed by atoms with van der Waals surface area (Å²) < 4.78 is 32.9. The molecule has 1 heterocycles. The van der Waals surface area contributed by atoms with Crippen molar-refractivity contribution in [1.82, 2.24) is 4.72 Å². The number of sulfonamides is 1. The number of hydrogen-bond acceptors (Lipinski definition) is 4. The van der Waals surface area contributed by atoms with Crippen LogP contribution in [0.25, 0.3) is 11.0 Å². The quantitative estimate of drug-likeness (QED) is 0.691. The van der Waals surface area contributed by atoms with E-state index in [-0.39, 0.29) is 17.2 Å². The van der Waals surface area contributed by atoms with Gasteiger partial charge in [0.15, 0.2) is 0 Å². The third kappa shape index (κ3) is 3.49. The standard InChI is InChI=1S/C19H19NO5S/c1-12-5-3-4-6-14(12)9-10-20-26(23,24)15-7-8-17-16(11-15)13(2)18(25-17)19(21)22/h3-8,11,20H,9-10H2,1-2H3,(H,21,22). The van der Waals surface area contributed by atoms with Crippen LogP contribution in [0.2, 0.25) is 0 Å². The topological polar surface area (TPSA) is 96.6 Å². The molecule has 0 atom stereocenters. The highest BCUT2D eigenvalue weighted by atomic mass is 32.2. The molecule has 26 heavy (non-hydrogen) atoms. The lowest BCUT2D eigenvalue weighted by Crippen LogP contribution is -2.26. The van der Waals surface area contributed by atoms with Gasteiger partial charge in [-0.2, -0.15) is 0 Å². The van der Waals surface area contributed by atoms with Gasteiger partial charge >= 0.3 is 5.97 Å². The Bertz CT molecular complexity index is 1080. The Morgan fingerprint density at radius 1 is 1.15 bits per heavy atom. The van der Waals surface area contributed by atoms with Gasteiger partial charge in [-0.1, -0.05) is 24.3 Å². The molecule has 6 nitrogen and oxygen atoms in total. The van der Waals surface area contributed by atoms with Crippen LogP contribution in [0.5, 0.6) is 0 Å². The molecule has 0 amide bonds. The Labute approximate surface area is 151 Å². The SMILES string of the molecule is Cc1ccccc1CCNS(=O)(=O)c1ccc2oc(C(=O)O)c(C)c2c1. The van der Waals surface area contributed by atoms with Crippen LogP contribution in [0.3, 0.4) is 0 Å². The Hall–Kier alpha value is -2.64. The summed E-state index contributed by atoms with van der Waals surface area (Å²) >= 11 is 0. The monoisotopic (exact) mass is 373 g/mol. The van der Waals surface area contributed by atoms with E-state index in [1.165, 1.54) is 18.2 Å². The maximum Gasteiger partial charge on any atom is 0.372 e. The molecule has 0 aliphatic rings. The molecule has 0 unspecified atom stereocenters. The fourth-order valence-electron chi connectivity index (χ4n) is 2.87. The molecule has 1 aromatic heterocycles. The maximum absolute atomic E-state index is 12.5. The minimum absolute atomic E-state index is 0.0793. The fourth-order valence-corrected chi connectivity index (χ4v) is 3.92. The first-order valence-corrected chi connectivity index (χ1v) is 9.58. The first kappa shape index (κ1) is 18.2. The van der Waals surface area contributed by atoms with Crippen LogP contribution in [0.4, 0.5) is 0 Å². The number of nitrogens with one attached hydrogen (secondary N) is 1. The van der Waals surface area contributed by atoms with Crippen molar-refractivity contribution in [2.24, 2.45) is 0 Å². The Balaban J connectivity index is 1.81. The van der Waals surface area contributed by atoms with Gasteiger partial charge in [-0.25, -0.2) is 17.9 Å². The Morgan fingerprint density at radius 2 is 1.88 bits per heavy atom. The minimum atomic E-state index is -3.70. The zero-order chi connectivity index (χ0) is 18.9. The van der Waals surface area contributed by atoms with E-state index in [9.17, 15) is 13.2 Å². The number of benzene rings is 2. The summed E-state index contributed by atoms with van der Waals surface area (Å²) in [6.07, 6.45) is 0.585. The van der Waals surface area contributed by atoms with E-state index in [2.05, 4.69) is 4.72 Å². The average molecular weight is 373 g/mol. The van der Waals surface area contributed by atoms with Crippen molar-refractivity contribution >= 4 is 27.0 Å². The highest BCUT2D eigenvalue weighted by molar-refractivity contribution is 7.89. The molecule has 7 heteroatoms. The molecule has 136 valence electrons. The summed E-state index contributed by atoms with van der Waals surface area (Å²) in [6.45, 7) is 3.85. The first-order valence-electron chi connectivity index (χ1n) is 8.10. The van der Waals surface area contributed by atoms with Crippen LogP contribution in [-0.4, -0.2) is 26.0 Å². The normalized spacial score (nSPS) is 11.8. The fraction of sp³-hybridized carbons (Fsp3) is 0.211. The minimum Gasteiger partial charge on any atom is -0.475 e. The molecule has 2 aromatic carbocycles. The van der Waals surface area contributed by atoms with Crippen LogP contribution in [0.15, 0.2) is 51.8 Å². The zero-order valence-electron chi connectivity index (χ0n) is 14.4. The van der Waals surface area contributed by atoms with Gasteiger partial charge in [-0.3, -0.25) is 0 Å². The molecule has 2 N–H and O–H groups in total. The van der Waals surface area contributed by atoms with E-state index >= 15 is 0 Å². The second-order valence-corrected chi connectivity index (χ2v) is 7.86. The van der Waals surface area contributed by atoms with E-state index < -0.39 is 16.0 Å². The summed E-state index contributed by atoms with van der Waals surface area (Å²) in [6, 6.07) is 12.1. The zero-order valence-corrected chi connectivity index (χ0v) is 15.3. The van der Waals surface area contributed by atoms with Crippen molar-refractivity contribution in [1.29, 1.82) is 0 Å². The van der Waals surface area contributed by atoms with Crippen molar-refractivity contribution in [2.75, 3.05) is 6.54 Å². The third-order valence-electron chi connectivity index (χ3n) is 4.36. The van der Waals surface area contributed by atoms with Gasteiger partial charge in [0.25, 0.3) is 0 Å². The number of hydrogen-bond donors (Lipinski definition) is 2. The van der Waals surface area contributed by atoms with Gasteiger partial charge in [-0.05, 0) is 49.6 Å². The number of carboxylic acids is 1. The lowest BCUT2D eigenvalue weighted by atomic mass is 10.1. The molecule has 3 aromatic rings. The van der Waals surface area contributed by atoms with Gasteiger partial charge in [0, 0.05) is 17.5 Å². The van der Waals surface area contributed by atoms with Gasteiger partial charge in [-0.15, -0.1) is 0 Å². The molecule has 3 rings (SSSR count). The molecule has 0 radical (unpaired) electrons. The molecule has 0 fully saturated rings. The number of aromatic carboxylic acids is 1. The highest BCUT2D eigenvalue weighted by Gasteiger charge is 2.20. The molecule has 0 saturated carbocycles. The lowest BCUT2D eigenvalue weighted by Gasteiger charge is -2.08. The molecule has 0 aliphatic heterocycles. The number of carboxylic acid groups (broad SMARTS) is 1. The number of fused-ring (bicyclic) bond motifs is 1. The summed E-state index contributed by atoms with van der Waals surface area (Å²) in [5.41, 5.74) is 2.95. The highest BCUT2D eigenvalue weighted by Crippen LogP contribution is 2.27. The van der Waals surface area contributed by atoms with E-state index in [0.717, 1.165) is 11.1 Å². The molecule has 0 spiro atoms. The predicted octanol–water partition coefficient (Wildman–Crippen LogP) is 3.27. The van der Waals surface area contributed by atoms with Gasteiger partial charge < -0.3 is 9.52 Å². The first-order chi connectivity index (χ1) is 12.3. The predicted molar refractivity (Wildman–Crippen MR) is 98.0 cm³/mol. The van der Waals surface area contributed by atoms with Crippen LogP contribution in [0.1, 0.15) is 27.2 Å². The lowest BCUT2D eigenvalue weighted by molar-refractivity contribution is 0.0664. The molecular weight excluding hydrogens is 354 g/mol. The Morgan fingerprint density at radius 3 is 2.58 bits per heavy atom. The van der Waals surface area contributed by atoms with Crippen LogP contribution < -0.4 is 4.72 Å². The van der Waals surface area contributed by atoms with Crippen molar-refractivity contribution in [3.8, 4) is 0 Å². The second-order valence-electron chi connectivity index (χ2n) is 6.09. The average Bonchev–Trinajstić information content (AvgIpc) is 2.93. The number of carbonyl (C=O) groups is 1. The smallest absolute Gasteiger partial charge is 0.372 e. The number of furan rings is 1. The maximum atomic E-state index is 12.5. The number of aryl methyl sites for hydroxylation is 2. The van der Waals surface area contributed by atoms with E-state index in [1.54, 1.807) is 6.92 Å². The molecular formula is C19H19NO5S. The van der Waals surface area contributed by atoms with Crippen LogP contribution >= 0.6 is 0 Å². The summed E-state index contributed by atoms with van der Waals surface area (Å²) in [5.74, 6) is -1.36. The summed E-state index contributed by atoms with van der Waals surface area (Å²) in [5, 5.41) is 9.59. The second kappa shape index (κ2) is 6.93. The van der Waals surface area contributed by atoms with Gasteiger partial charge in [0.2, 0.25) is 15.8 Å². The van der Waals surface area contributed by atoms with Crippen molar-refractivity contribution < 1.29 is 22.7 Å². The van der Waals surface area contributed by atoms with Gasteiger partial charge in [0.05, 0.1) is 4.90 Å². The van der Waals surface area contributed by atoms with Crippen LogP contribution in [-0.2, 0) is 16.4 Å². The van der Waals surface area contributed by atoms with E-state index in [0.29, 0.717) is 23.0 Å². The van der Waals surface area contributed by atoms with Crippen LogP contribution in [0, 0.1) is 13.8 Å². The Kier molecular flexibility index (Phi) is 4.84. The largest absolute Gasteiger partial charge is 0.475 e. The molecule has 0 saturated heterocycles. The van der Waals surface area contributed by atoms with E-state index in [4.69, 9.17) is 9.52 Å². The van der Waals surface area contributed by atoms with Gasteiger partial charge in [0.1, 0.15) is 5.58 Å². The van der Waals surface area contributed by atoms with E-state index in [1.807, 2.05) is 31.2 Å². The molecule has 0 aliphatic carbocycles. The summed E-state index contributed by atoms with van der Waals surface area (Å²) in [4.78, 5) is 11.2. The summed E-state index contributed by atoms with van der Waals surface area (Å²) in [7, 11) is -3.70. The molecule has 0 bridgehead atoms. The van der Waals surface area contributed by atoms with Crippen molar-refractivity contribution in [3.63, 3.8) is 0 Å². The van der Waals surface area contributed by atoms with Crippen molar-refractivity contribution in [3.05, 3.63) is 64.9 Å². The van der Waals surface area contributed by atoms with Crippen molar-refractivity contribution in [2.45, 2.75) is 25.2 Å².